The van der Waals surface area contributed by atoms with Crippen LogP contribution in [0.5, 0.6) is 0 Å². The Morgan fingerprint density at radius 2 is 1.65 bits per heavy atom. The Morgan fingerprint density at radius 3 is 2.06 bits per heavy atom. The molecule has 2 unspecified atom stereocenters. The van der Waals surface area contributed by atoms with Crippen LogP contribution in [0.2, 0.25) is 0 Å². The van der Waals surface area contributed by atoms with Gasteiger partial charge < -0.3 is 10.2 Å². The SMILES string of the molecule is CC(C)C(O)C(O)c1ccc(C2CCC2)cc1. The minimum Gasteiger partial charge on any atom is -0.390 e. The molecule has 1 fully saturated rings. The normalized spacial score (nSPS) is 20.1. The summed E-state index contributed by atoms with van der Waals surface area (Å²) < 4.78 is 0. The van der Waals surface area contributed by atoms with Gasteiger partial charge >= 0.3 is 0 Å². The van der Waals surface area contributed by atoms with Gasteiger partial charge in [0, 0.05) is 0 Å². The van der Waals surface area contributed by atoms with Crippen LogP contribution in [0.3, 0.4) is 0 Å². The van der Waals surface area contributed by atoms with Crippen molar-refractivity contribution in [2.24, 2.45) is 5.92 Å². The Morgan fingerprint density at radius 1 is 1.06 bits per heavy atom. The highest BCUT2D eigenvalue weighted by Crippen LogP contribution is 2.36. The zero-order chi connectivity index (χ0) is 12.4. The van der Waals surface area contributed by atoms with Gasteiger partial charge in [-0.15, -0.1) is 0 Å². The molecule has 2 N–H and O–H groups in total. The Kier molecular flexibility index (Phi) is 3.85. The van der Waals surface area contributed by atoms with Crippen LogP contribution in [0.4, 0.5) is 0 Å². The second-order valence-electron chi connectivity index (χ2n) is 5.47. The van der Waals surface area contributed by atoms with E-state index in [1.165, 1.54) is 24.8 Å². The Hall–Kier alpha value is -0.860. The van der Waals surface area contributed by atoms with Crippen LogP contribution in [0.25, 0.3) is 0 Å². The molecule has 94 valence electrons. The molecule has 2 atom stereocenters. The minimum atomic E-state index is -0.773. The summed E-state index contributed by atoms with van der Waals surface area (Å²) in [6.45, 7) is 3.83. The van der Waals surface area contributed by atoms with Crippen molar-refractivity contribution in [1.82, 2.24) is 0 Å². The molecule has 0 amide bonds. The number of rotatable bonds is 4. The molecule has 1 aliphatic carbocycles. The van der Waals surface area contributed by atoms with Crippen molar-refractivity contribution < 1.29 is 10.2 Å². The number of aliphatic hydroxyl groups is 2. The van der Waals surface area contributed by atoms with E-state index in [-0.39, 0.29) is 5.92 Å². The number of benzene rings is 1. The molecule has 0 saturated heterocycles. The summed E-state index contributed by atoms with van der Waals surface area (Å²) in [5.41, 5.74) is 2.18. The van der Waals surface area contributed by atoms with E-state index < -0.39 is 12.2 Å². The fourth-order valence-electron chi connectivity index (χ4n) is 2.27. The molecule has 0 aromatic heterocycles. The standard InChI is InChI=1S/C15H22O2/c1-10(2)14(16)15(17)13-8-6-12(7-9-13)11-4-3-5-11/h6-11,14-17H,3-5H2,1-2H3. The molecule has 1 aromatic carbocycles. The van der Waals surface area contributed by atoms with Crippen LogP contribution in [-0.4, -0.2) is 16.3 Å². The summed E-state index contributed by atoms with van der Waals surface area (Å²) >= 11 is 0. The van der Waals surface area contributed by atoms with Gasteiger partial charge in [0.05, 0.1) is 6.10 Å². The molecule has 0 bridgehead atoms. The Balaban J connectivity index is 2.06. The molecule has 17 heavy (non-hydrogen) atoms. The van der Waals surface area contributed by atoms with Crippen LogP contribution in [0.15, 0.2) is 24.3 Å². The van der Waals surface area contributed by atoms with E-state index in [2.05, 4.69) is 12.1 Å². The lowest BCUT2D eigenvalue weighted by atomic mass is 9.79. The summed E-state index contributed by atoms with van der Waals surface area (Å²) in [7, 11) is 0. The molecule has 2 heteroatoms. The van der Waals surface area contributed by atoms with Gasteiger partial charge in [-0.3, -0.25) is 0 Å². The summed E-state index contributed by atoms with van der Waals surface area (Å²) in [4.78, 5) is 0. The fourth-order valence-corrected chi connectivity index (χ4v) is 2.27. The van der Waals surface area contributed by atoms with Gasteiger partial charge in [-0.25, -0.2) is 0 Å². The van der Waals surface area contributed by atoms with Crippen molar-refractivity contribution in [3.05, 3.63) is 35.4 Å². The topological polar surface area (TPSA) is 40.5 Å². The van der Waals surface area contributed by atoms with Crippen LogP contribution in [0, 0.1) is 5.92 Å². The second kappa shape index (κ2) is 5.19. The van der Waals surface area contributed by atoms with Crippen LogP contribution >= 0.6 is 0 Å². The number of hydrogen-bond acceptors (Lipinski definition) is 2. The van der Waals surface area contributed by atoms with Crippen molar-refractivity contribution in [3.63, 3.8) is 0 Å². The third-order valence-electron chi connectivity index (χ3n) is 3.86. The lowest BCUT2D eigenvalue weighted by Crippen LogP contribution is -2.24. The van der Waals surface area contributed by atoms with Gasteiger partial charge in [0.25, 0.3) is 0 Å². The molecule has 1 saturated carbocycles. The van der Waals surface area contributed by atoms with E-state index in [9.17, 15) is 10.2 Å². The molecule has 2 rings (SSSR count). The van der Waals surface area contributed by atoms with E-state index in [0.29, 0.717) is 0 Å². The van der Waals surface area contributed by atoms with E-state index in [4.69, 9.17) is 0 Å². The first-order chi connectivity index (χ1) is 8.09. The van der Waals surface area contributed by atoms with Gasteiger partial charge in [0.15, 0.2) is 0 Å². The third kappa shape index (κ3) is 2.70. The number of aliphatic hydroxyl groups excluding tert-OH is 2. The van der Waals surface area contributed by atoms with Gasteiger partial charge in [-0.1, -0.05) is 44.5 Å². The molecular formula is C15H22O2. The van der Waals surface area contributed by atoms with Crippen molar-refractivity contribution in [2.75, 3.05) is 0 Å². The number of hydrogen-bond donors (Lipinski definition) is 2. The minimum absolute atomic E-state index is 0.0660. The maximum absolute atomic E-state index is 10.0. The zero-order valence-corrected chi connectivity index (χ0v) is 10.6. The average molecular weight is 234 g/mol. The van der Waals surface area contributed by atoms with E-state index in [1.54, 1.807) is 0 Å². The van der Waals surface area contributed by atoms with E-state index >= 15 is 0 Å². The summed E-state index contributed by atoms with van der Waals surface area (Å²) in [6.07, 6.45) is 2.45. The fraction of sp³-hybridized carbons (Fsp3) is 0.600. The molecule has 0 aliphatic heterocycles. The highest BCUT2D eigenvalue weighted by molar-refractivity contribution is 5.28. The van der Waals surface area contributed by atoms with Crippen LogP contribution in [-0.2, 0) is 0 Å². The second-order valence-corrected chi connectivity index (χ2v) is 5.47. The van der Waals surface area contributed by atoms with Gasteiger partial charge in [-0.2, -0.15) is 0 Å². The monoisotopic (exact) mass is 234 g/mol. The molecular weight excluding hydrogens is 212 g/mol. The molecule has 0 heterocycles. The van der Waals surface area contributed by atoms with Crippen molar-refractivity contribution >= 4 is 0 Å². The highest BCUT2D eigenvalue weighted by Gasteiger charge is 2.23. The lowest BCUT2D eigenvalue weighted by Gasteiger charge is -2.26. The van der Waals surface area contributed by atoms with Crippen LogP contribution in [0.1, 0.15) is 56.3 Å². The van der Waals surface area contributed by atoms with Crippen LogP contribution < -0.4 is 0 Å². The molecule has 0 spiro atoms. The third-order valence-corrected chi connectivity index (χ3v) is 3.86. The predicted molar refractivity (Wildman–Crippen MR) is 68.8 cm³/mol. The summed E-state index contributed by atoms with van der Waals surface area (Å²) in [5, 5.41) is 19.8. The van der Waals surface area contributed by atoms with Gasteiger partial charge in [-0.05, 0) is 35.8 Å². The van der Waals surface area contributed by atoms with Crippen molar-refractivity contribution in [1.29, 1.82) is 0 Å². The zero-order valence-electron chi connectivity index (χ0n) is 10.6. The van der Waals surface area contributed by atoms with E-state index in [1.807, 2.05) is 26.0 Å². The smallest absolute Gasteiger partial charge is 0.105 e. The Bertz CT molecular complexity index is 352. The molecule has 1 aliphatic rings. The lowest BCUT2D eigenvalue weighted by molar-refractivity contribution is -0.00940. The largest absolute Gasteiger partial charge is 0.390 e. The molecule has 2 nitrogen and oxygen atoms in total. The first-order valence-corrected chi connectivity index (χ1v) is 6.55. The summed E-state index contributed by atoms with van der Waals surface area (Å²) in [6, 6.07) is 8.08. The quantitative estimate of drug-likeness (QED) is 0.840. The first kappa shape index (κ1) is 12.6. The molecule has 1 aromatic rings. The van der Waals surface area contributed by atoms with Gasteiger partial charge in [0.2, 0.25) is 0 Å². The predicted octanol–water partition coefficient (Wildman–Crippen LogP) is 3.00. The molecule has 0 radical (unpaired) electrons. The maximum Gasteiger partial charge on any atom is 0.105 e. The summed E-state index contributed by atoms with van der Waals surface area (Å²) in [5.74, 6) is 0.785. The van der Waals surface area contributed by atoms with E-state index in [0.717, 1.165) is 11.5 Å². The van der Waals surface area contributed by atoms with Crippen molar-refractivity contribution in [2.45, 2.75) is 51.2 Å². The maximum atomic E-state index is 10.0. The van der Waals surface area contributed by atoms with Crippen molar-refractivity contribution in [3.8, 4) is 0 Å². The Labute approximate surface area is 103 Å². The highest BCUT2D eigenvalue weighted by atomic mass is 16.3. The first-order valence-electron chi connectivity index (χ1n) is 6.55. The average Bonchev–Trinajstić information content (AvgIpc) is 2.25. The van der Waals surface area contributed by atoms with Gasteiger partial charge in [0.1, 0.15) is 6.10 Å².